The van der Waals surface area contributed by atoms with E-state index in [1.807, 2.05) is 0 Å². The summed E-state index contributed by atoms with van der Waals surface area (Å²) in [7, 11) is 2.22. The molecule has 5 rings (SSSR count). The minimum absolute atomic E-state index is 0.359. The second-order valence-corrected chi connectivity index (χ2v) is 6.63. The molecule has 0 spiro atoms. The molecular formula is C22H19N. The number of rotatable bonds is 1. The molecule has 112 valence electrons. The molecule has 1 heterocycles. The Kier molecular flexibility index (Phi) is 2.66. The first kappa shape index (κ1) is 13.0. The van der Waals surface area contributed by atoms with Gasteiger partial charge in [-0.15, -0.1) is 0 Å². The van der Waals surface area contributed by atoms with Crippen LogP contribution in [0.4, 0.5) is 5.69 Å². The van der Waals surface area contributed by atoms with Gasteiger partial charge in [-0.1, -0.05) is 66.7 Å². The van der Waals surface area contributed by atoms with E-state index in [2.05, 4.69) is 78.7 Å². The maximum Gasteiger partial charge on any atom is 0.0439 e. The normalized spacial score (nSPS) is 15.4. The summed E-state index contributed by atoms with van der Waals surface area (Å²) >= 11 is 0. The van der Waals surface area contributed by atoms with Crippen molar-refractivity contribution in [3.8, 4) is 11.1 Å². The molecule has 0 N–H and O–H groups in total. The predicted molar refractivity (Wildman–Crippen MR) is 96.2 cm³/mol. The summed E-state index contributed by atoms with van der Waals surface area (Å²) in [5.74, 6) is 0.359. The fourth-order valence-corrected chi connectivity index (χ4v) is 4.40. The molecule has 0 bridgehead atoms. The third kappa shape index (κ3) is 1.74. The van der Waals surface area contributed by atoms with Gasteiger partial charge in [-0.25, -0.2) is 0 Å². The molecule has 23 heavy (non-hydrogen) atoms. The van der Waals surface area contributed by atoms with Crippen molar-refractivity contribution in [1.82, 2.24) is 0 Å². The summed E-state index contributed by atoms with van der Waals surface area (Å²) in [5.41, 5.74) is 10.1. The van der Waals surface area contributed by atoms with E-state index in [0.29, 0.717) is 5.92 Å². The zero-order chi connectivity index (χ0) is 15.4. The number of anilines is 1. The standard InChI is InChI=1S/C22H19N/c1-23-14-13-15-7-6-12-20(22(15)23)21-18-10-4-2-8-16(18)17-9-3-5-11-19(17)21/h2-12,21H,13-14H2,1H3. The molecule has 0 amide bonds. The number of para-hydroxylation sites is 1. The summed E-state index contributed by atoms with van der Waals surface area (Å²) in [6, 6.07) is 24.6. The average Bonchev–Trinajstić information content (AvgIpc) is 3.14. The van der Waals surface area contributed by atoms with E-state index < -0.39 is 0 Å². The Bertz CT molecular complexity index is 864. The van der Waals surface area contributed by atoms with Crippen LogP contribution in [-0.2, 0) is 6.42 Å². The summed E-state index contributed by atoms with van der Waals surface area (Å²) in [4.78, 5) is 2.42. The van der Waals surface area contributed by atoms with Crippen molar-refractivity contribution in [3.63, 3.8) is 0 Å². The molecule has 2 aliphatic rings. The fraction of sp³-hybridized carbons (Fsp3) is 0.182. The smallest absolute Gasteiger partial charge is 0.0439 e. The van der Waals surface area contributed by atoms with Gasteiger partial charge in [0.05, 0.1) is 0 Å². The molecule has 0 aromatic heterocycles. The van der Waals surface area contributed by atoms with Gasteiger partial charge < -0.3 is 4.90 Å². The fourth-order valence-electron chi connectivity index (χ4n) is 4.40. The van der Waals surface area contributed by atoms with E-state index in [0.717, 1.165) is 13.0 Å². The molecule has 0 unspecified atom stereocenters. The number of hydrogen-bond acceptors (Lipinski definition) is 1. The molecule has 1 aliphatic heterocycles. The van der Waals surface area contributed by atoms with E-state index >= 15 is 0 Å². The van der Waals surface area contributed by atoms with Crippen molar-refractivity contribution < 1.29 is 0 Å². The maximum atomic E-state index is 2.42. The molecule has 1 nitrogen and oxygen atoms in total. The number of nitrogens with zero attached hydrogens (tertiary/aromatic N) is 1. The van der Waals surface area contributed by atoms with Gasteiger partial charge in [0.25, 0.3) is 0 Å². The highest BCUT2D eigenvalue weighted by Gasteiger charge is 2.33. The third-order valence-corrected chi connectivity index (χ3v) is 5.39. The summed E-state index contributed by atoms with van der Waals surface area (Å²) in [5, 5.41) is 0. The van der Waals surface area contributed by atoms with Crippen LogP contribution >= 0.6 is 0 Å². The highest BCUT2D eigenvalue weighted by atomic mass is 15.1. The van der Waals surface area contributed by atoms with Gasteiger partial charge in [0, 0.05) is 25.2 Å². The zero-order valence-corrected chi connectivity index (χ0v) is 13.3. The van der Waals surface area contributed by atoms with Crippen LogP contribution < -0.4 is 4.90 Å². The lowest BCUT2D eigenvalue weighted by molar-refractivity contribution is 0.939. The van der Waals surface area contributed by atoms with Gasteiger partial charge in [-0.2, -0.15) is 0 Å². The van der Waals surface area contributed by atoms with Gasteiger partial charge in [0.1, 0.15) is 0 Å². The van der Waals surface area contributed by atoms with Gasteiger partial charge in [-0.3, -0.25) is 0 Å². The summed E-state index contributed by atoms with van der Waals surface area (Å²) in [6.07, 6.45) is 1.16. The van der Waals surface area contributed by atoms with Crippen molar-refractivity contribution in [1.29, 1.82) is 0 Å². The van der Waals surface area contributed by atoms with E-state index in [-0.39, 0.29) is 0 Å². The van der Waals surface area contributed by atoms with Crippen LogP contribution in [-0.4, -0.2) is 13.6 Å². The number of likely N-dealkylation sites (N-methyl/N-ethyl adjacent to an activating group) is 1. The maximum absolute atomic E-state index is 2.42. The van der Waals surface area contributed by atoms with Gasteiger partial charge in [-0.05, 0) is 39.8 Å². The molecule has 3 aromatic rings. The molecular weight excluding hydrogens is 278 g/mol. The van der Waals surface area contributed by atoms with Crippen LogP contribution in [0.2, 0.25) is 0 Å². The van der Waals surface area contributed by atoms with Crippen LogP contribution in [0, 0.1) is 0 Å². The molecule has 0 fully saturated rings. The zero-order valence-electron chi connectivity index (χ0n) is 13.3. The lowest BCUT2D eigenvalue weighted by atomic mass is 9.87. The number of fused-ring (bicyclic) bond motifs is 4. The van der Waals surface area contributed by atoms with Crippen LogP contribution in [0.25, 0.3) is 11.1 Å². The van der Waals surface area contributed by atoms with Crippen molar-refractivity contribution in [3.05, 3.63) is 89.0 Å². The second-order valence-electron chi connectivity index (χ2n) is 6.63. The largest absolute Gasteiger partial charge is 0.374 e. The molecule has 0 saturated heterocycles. The molecule has 3 aromatic carbocycles. The lowest BCUT2D eigenvalue weighted by Crippen LogP contribution is -2.15. The van der Waals surface area contributed by atoms with Crippen molar-refractivity contribution in [2.45, 2.75) is 12.3 Å². The Labute approximate surface area is 137 Å². The van der Waals surface area contributed by atoms with Crippen LogP contribution in [0.15, 0.2) is 66.7 Å². The minimum Gasteiger partial charge on any atom is -0.374 e. The minimum atomic E-state index is 0.359. The van der Waals surface area contributed by atoms with E-state index in [9.17, 15) is 0 Å². The molecule has 0 saturated carbocycles. The summed E-state index contributed by atoms with van der Waals surface area (Å²) in [6.45, 7) is 1.13. The highest BCUT2D eigenvalue weighted by molar-refractivity contribution is 5.82. The highest BCUT2D eigenvalue weighted by Crippen LogP contribution is 2.50. The molecule has 1 aliphatic carbocycles. The average molecular weight is 297 g/mol. The van der Waals surface area contributed by atoms with Crippen LogP contribution in [0.3, 0.4) is 0 Å². The van der Waals surface area contributed by atoms with Gasteiger partial charge in [0.15, 0.2) is 0 Å². The molecule has 0 radical (unpaired) electrons. The first-order chi connectivity index (χ1) is 11.3. The number of benzene rings is 3. The SMILES string of the molecule is CN1CCc2cccc(C3c4ccccc4-c4ccccc43)c21. The topological polar surface area (TPSA) is 3.24 Å². The monoisotopic (exact) mass is 297 g/mol. The van der Waals surface area contributed by atoms with Gasteiger partial charge in [0.2, 0.25) is 0 Å². The predicted octanol–water partition coefficient (Wildman–Crippen LogP) is 4.84. The third-order valence-electron chi connectivity index (χ3n) is 5.39. The summed E-state index contributed by atoms with van der Waals surface area (Å²) < 4.78 is 0. The quantitative estimate of drug-likeness (QED) is 0.486. The Hall–Kier alpha value is -2.54. The van der Waals surface area contributed by atoms with Crippen LogP contribution in [0.5, 0.6) is 0 Å². The second kappa shape index (κ2) is 4.73. The Morgan fingerprint density at radius 1 is 0.739 bits per heavy atom. The molecule has 1 heteroatoms. The first-order valence-corrected chi connectivity index (χ1v) is 8.36. The molecule has 0 atom stereocenters. The van der Waals surface area contributed by atoms with Crippen molar-refractivity contribution in [2.24, 2.45) is 0 Å². The van der Waals surface area contributed by atoms with E-state index in [1.165, 1.54) is 39.1 Å². The van der Waals surface area contributed by atoms with Gasteiger partial charge >= 0.3 is 0 Å². The van der Waals surface area contributed by atoms with Crippen LogP contribution in [0.1, 0.15) is 28.2 Å². The first-order valence-electron chi connectivity index (χ1n) is 8.36. The van der Waals surface area contributed by atoms with E-state index in [4.69, 9.17) is 0 Å². The number of hydrogen-bond donors (Lipinski definition) is 0. The Morgan fingerprint density at radius 2 is 1.35 bits per heavy atom. The van der Waals surface area contributed by atoms with Crippen molar-refractivity contribution in [2.75, 3.05) is 18.5 Å². The Morgan fingerprint density at radius 3 is 2.04 bits per heavy atom. The lowest BCUT2D eigenvalue weighted by Gasteiger charge is -2.22. The van der Waals surface area contributed by atoms with E-state index in [1.54, 1.807) is 0 Å². The van der Waals surface area contributed by atoms with Crippen molar-refractivity contribution >= 4 is 5.69 Å². The Balaban J connectivity index is 1.81.